The summed E-state index contributed by atoms with van der Waals surface area (Å²) in [4.78, 5) is 51.9. The van der Waals surface area contributed by atoms with E-state index in [1.165, 1.54) is 5.37 Å². The smallest absolute Gasteiger partial charge is 0.410 e. The lowest BCUT2D eigenvalue weighted by Gasteiger charge is -2.16. The van der Waals surface area contributed by atoms with E-state index >= 15 is 0 Å². The Morgan fingerprint density at radius 2 is 1.18 bits per heavy atom. The van der Waals surface area contributed by atoms with Crippen molar-refractivity contribution in [2.24, 2.45) is 23.7 Å². The largest absolute Gasteiger partial charge is 0.445 e. The first-order chi connectivity index (χ1) is 21.4. The normalized spacial score (nSPS) is 21.0. The molecule has 0 aliphatic carbocycles. The molecule has 2 aromatic rings. The molecule has 2 heterocycles. The van der Waals surface area contributed by atoms with Crippen molar-refractivity contribution in [3.63, 3.8) is 0 Å². The fraction of sp³-hybridized carbons (Fsp3) is 0.500. The van der Waals surface area contributed by atoms with E-state index in [-0.39, 0.29) is 54.5 Å². The molecule has 0 radical (unpaired) electrons. The second-order valence-corrected chi connectivity index (χ2v) is 15.3. The predicted molar refractivity (Wildman–Crippen MR) is 181 cm³/mol. The van der Waals surface area contributed by atoms with Crippen molar-refractivity contribution in [1.29, 1.82) is 0 Å². The highest BCUT2D eigenvalue weighted by Gasteiger charge is 2.39. The van der Waals surface area contributed by atoms with Crippen LogP contribution in [-0.4, -0.2) is 87.1 Å². The van der Waals surface area contributed by atoms with Crippen LogP contribution < -0.4 is 0 Å². The van der Waals surface area contributed by atoms with Crippen LogP contribution in [0.3, 0.4) is 0 Å². The fourth-order valence-corrected chi connectivity index (χ4v) is 6.79. The van der Waals surface area contributed by atoms with Crippen molar-refractivity contribution in [3.05, 3.63) is 71.8 Å². The molecule has 0 aromatic heterocycles. The van der Waals surface area contributed by atoms with Crippen molar-refractivity contribution in [2.45, 2.75) is 39.9 Å². The number of nitrogens with zero attached hydrogens (tertiary/aromatic N) is 2. The lowest BCUT2D eigenvalue weighted by atomic mass is 9.91. The first-order valence-electron chi connectivity index (χ1n) is 15.3. The number of amides is 2. The van der Waals surface area contributed by atoms with E-state index in [0.717, 1.165) is 24.0 Å². The maximum absolute atomic E-state index is 12.4. The molecule has 0 saturated carbocycles. The highest BCUT2D eigenvalue weighted by Crippen LogP contribution is 2.29. The Hall–Kier alpha value is -3.18. The number of halogens is 1. The van der Waals surface area contributed by atoms with Gasteiger partial charge in [0, 0.05) is 55.9 Å². The first kappa shape index (κ1) is 36.3. The fourth-order valence-electron chi connectivity index (χ4n) is 5.64. The quantitative estimate of drug-likeness (QED) is 0.239. The Morgan fingerprint density at radius 3 is 1.58 bits per heavy atom. The molecule has 9 nitrogen and oxygen atoms in total. The number of alkyl halides is 1. The van der Waals surface area contributed by atoms with Crippen molar-refractivity contribution in [1.82, 2.24) is 9.80 Å². The zero-order valence-electron chi connectivity index (χ0n) is 26.6. The van der Waals surface area contributed by atoms with Crippen LogP contribution in [0.5, 0.6) is 0 Å². The first-order valence-corrected chi connectivity index (χ1v) is 18.8. The Morgan fingerprint density at radius 1 is 0.756 bits per heavy atom. The summed E-state index contributed by atoms with van der Waals surface area (Å²) in [5.74, 6) is -0.00632. The number of benzene rings is 2. The van der Waals surface area contributed by atoms with Gasteiger partial charge in [-0.05, 0) is 32.5 Å². The Balaban J connectivity index is 0.000000248. The lowest BCUT2D eigenvalue weighted by Crippen LogP contribution is -2.31. The molecule has 246 valence electrons. The average Bonchev–Trinajstić information content (AvgIpc) is 3.68. The number of likely N-dealkylation sites (tertiary alicyclic amines) is 2. The average molecular weight is 706 g/mol. The number of Topliss-reactive ketones (excluding diaryl/α,β-unsaturated/α-hetero) is 2. The second kappa shape index (κ2) is 17.5. The Labute approximate surface area is 275 Å². The van der Waals surface area contributed by atoms with E-state index in [0.29, 0.717) is 31.5 Å². The molecule has 0 bridgehead atoms. The van der Waals surface area contributed by atoms with Crippen LogP contribution in [0.25, 0.3) is 0 Å². The van der Waals surface area contributed by atoms with E-state index in [1.54, 1.807) is 22.3 Å². The van der Waals surface area contributed by atoms with Crippen LogP contribution in [0.2, 0.25) is 0 Å². The molecule has 0 N–H and O–H groups in total. The highest BCUT2D eigenvalue weighted by atomic mass is 79.9. The number of ketones is 2. The molecular weight excluding hydrogens is 660 g/mol. The topological polar surface area (TPSA) is 110 Å². The lowest BCUT2D eigenvalue weighted by molar-refractivity contribution is -0.121. The van der Waals surface area contributed by atoms with Gasteiger partial charge < -0.3 is 19.3 Å². The number of carbonyl (C=O) groups excluding carboxylic acids is 4. The summed E-state index contributed by atoms with van der Waals surface area (Å²) in [6.45, 7) is 6.44. The van der Waals surface area contributed by atoms with E-state index < -0.39 is 15.6 Å². The third-order valence-corrected chi connectivity index (χ3v) is 9.52. The predicted octanol–water partition coefficient (Wildman–Crippen LogP) is 5.44. The Bertz CT molecular complexity index is 1400. The van der Waals surface area contributed by atoms with Gasteiger partial charge in [0.15, 0.2) is 5.78 Å². The third-order valence-electron chi connectivity index (χ3n) is 8.17. The Kier molecular flexibility index (Phi) is 14.1. The number of hydrogen-bond donors (Lipinski definition) is 0. The van der Waals surface area contributed by atoms with Crippen molar-refractivity contribution in [2.75, 3.05) is 44.0 Å². The number of rotatable bonds is 10. The van der Waals surface area contributed by atoms with Crippen molar-refractivity contribution < 1.29 is 32.9 Å². The van der Waals surface area contributed by atoms with Gasteiger partial charge in [0.25, 0.3) is 0 Å². The maximum atomic E-state index is 12.4. The molecule has 2 aliphatic heterocycles. The van der Waals surface area contributed by atoms with Gasteiger partial charge in [-0.25, -0.2) is 9.59 Å². The zero-order chi connectivity index (χ0) is 33.0. The van der Waals surface area contributed by atoms with Gasteiger partial charge >= 0.3 is 12.2 Å². The van der Waals surface area contributed by atoms with Gasteiger partial charge in [0.1, 0.15) is 19.0 Å². The van der Waals surface area contributed by atoms with Gasteiger partial charge in [0.2, 0.25) is 0 Å². The summed E-state index contributed by atoms with van der Waals surface area (Å²) in [6.07, 6.45) is 4.05. The molecule has 2 fully saturated rings. The number of ether oxygens (including phenoxy) is 2. The minimum Gasteiger partial charge on any atom is -0.445 e. The van der Waals surface area contributed by atoms with E-state index in [4.69, 9.17) is 9.47 Å². The van der Waals surface area contributed by atoms with Gasteiger partial charge in [-0.15, -0.1) is 0 Å². The number of hydrogen-bond acceptors (Lipinski definition) is 7. The van der Waals surface area contributed by atoms with Gasteiger partial charge in [-0.3, -0.25) is 13.8 Å². The van der Waals surface area contributed by atoms with Gasteiger partial charge in [0.05, 0.1) is 5.33 Å². The molecule has 11 heteroatoms. The zero-order valence-corrected chi connectivity index (χ0v) is 29.0. The summed E-state index contributed by atoms with van der Waals surface area (Å²) in [7, 11) is -2.24. The molecule has 4 rings (SSSR count). The molecule has 2 aliphatic rings. The van der Waals surface area contributed by atoms with Crippen LogP contribution in [-0.2, 0) is 41.8 Å². The molecule has 45 heavy (non-hydrogen) atoms. The van der Waals surface area contributed by atoms with Crippen molar-refractivity contribution in [3.8, 4) is 0 Å². The van der Waals surface area contributed by atoms with E-state index in [9.17, 15) is 23.4 Å². The molecule has 2 amide bonds. The van der Waals surface area contributed by atoms with Crippen LogP contribution >= 0.6 is 15.9 Å². The summed E-state index contributed by atoms with van der Waals surface area (Å²) >= 11 is 3.22. The maximum Gasteiger partial charge on any atom is 0.410 e. The van der Waals surface area contributed by atoms with Crippen LogP contribution in [0.1, 0.15) is 37.8 Å². The molecule has 2 aromatic carbocycles. The summed E-state index contributed by atoms with van der Waals surface area (Å²) in [6, 6.07) is 19.1. The van der Waals surface area contributed by atoms with E-state index in [1.807, 2.05) is 67.6 Å². The standard InChI is InChI=1S/C18H25NO4S.C16H20BrNO3/c1-4-15-10-19(11-16(15)17(20)13-24(2,3)22)18(21)23-12-14-8-6-5-7-9-14;1-2-13-9-18(10-14(13)15(19)8-17)16(20)21-11-12-6-4-3-5-7-12/h5-9,13,15-16H,4,10-12H2,1-3H3;3-7,13-14H,2,8-11H2,1H3/t15-,16?;13-,14+/m11/s1. The van der Waals surface area contributed by atoms with E-state index in [2.05, 4.69) is 22.9 Å². The van der Waals surface area contributed by atoms with Crippen molar-refractivity contribution >= 4 is 54.6 Å². The summed E-state index contributed by atoms with van der Waals surface area (Å²) < 4.78 is 22.5. The van der Waals surface area contributed by atoms with Crippen LogP contribution in [0, 0.1) is 23.7 Å². The molecular formula is C34H45BrN2O7S. The van der Waals surface area contributed by atoms with Gasteiger partial charge in [-0.2, -0.15) is 0 Å². The highest BCUT2D eigenvalue weighted by molar-refractivity contribution is 9.09. The minimum atomic E-state index is -2.24. The van der Waals surface area contributed by atoms with Crippen LogP contribution in [0.4, 0.5) is 9.59 Å². The molecule has 4 atom stereocenters. The van der Waals surface area contributed by atoms with Gasteiger partial charge in [-0.1, -0.05) is 103 Å². The summed E-state index contributed by atoms with van der Waals surface area (Å²) in [5, 5.41) is 1.67. The second-order valence-electron chi connectivity index (χ2n) is 11.9. The minimum absolute atomic E-state index is 0.0707. The SMILES string of the molecule is CC[C@@H]1CN(C(=O)OCc2ccccc2)CC1C(=O)C=S(C)(C)=O.CC[C@@H]1CN(C(=O)OCc2ccccc2)C[C@@H]1C(=O)CBr. The molecule has 1 unspecified atom stereocenters. The third kappa shape index (κ3) is 11.3. The monoisotopic (exact) mass is 704 g/mol. The summed E-state index contributed by atoms with van der Waals surface area (Å²) in [5.41, 5.74) is 1.89. The molecule has 2 saturated heterocycles. The number of carbonyl (C=O) groups is 4. The van der Waals surface area contributed by atoms with Crippen LogP contribution in [0.15, 0.2) is 60.7 Å². The molecule has 0 spiro atoms.